The van der Waals surface area contributed by atoms with Crippen LogP contribution in [0, 0.1) is 17.6 Å². The Morgan fingerprint density at radius 2 is 2.05 bits per heavy atom. The molecule has 1 aromatic carbocycles. The van der Waals surface area contributed by atoms with E-state index in [0.717, 1.165) is 6.07 Å². The van der Waals surface area contributed by atoms with Crippen LogP contribution in [0.5, 0.6) is 0 Å². The summed E-state index contributed by atoms with van der Waals surface area (Å²) in [6, 6.07) is 2.42. The van der Waals surface area contributed by atoms with Crippen molar-refractivity contribution in [2.75, 3.05) is 0 Å². The van der Waals surface area contributed by atoms with Crippen LogP contribution in [0.15, 0.2) is 24.3 Å². The number of aliphatic carboxylic acids is 1. The van der Waals surface area contributed by atoms with Gasteiger partial charge in [0.2, 0.25) is 0 Å². The topological polar surface area (TPSA) is 66.0 Å². The van der Waals surface area contributed by atoms with Crippen LogP contribution in [0.25, 0.3) is 11.0 Å². The summed E-state index contributed by atoms with van der Waals surface area (Å²) in [6.07, 6.45) is 4.63. The number of hydrogen-bond donors (Lipinski definition) is 2. The molecule has 0 fully saturated rings. The zero-order valence-corrected chi connectivity index (χ0v) is 10.4. The van der Waals surface area contributed by atoms with Gasteiger partial charge in [-0.05, 0) is 25.0 Å². The first-order valence-corrected chi connectivity index (χ1v) is 6.29. The van der Waals surface area contributed by atoms with E-state index in [1.807, 2.05) is 12.2 Å². The van der Waals surface area contributed by atoms with Crippen LogP contribution < -0.4 is 0 Å². The van der Waals surface area contributed by atoms with Gasteiger partial charge in [0.25, 0.3) is 0 Å². The van der Waals surface area contributed by atoms with Gasteiger partial charge >= 0.3 is 5.97 Å². The number of aromatic amines is 1. The van der Waals surface area contributed by atoms with Crippen molar-refractivity contribution < 1.29 is 18.7 Å². The molecule has 1 aromatic heterocycles. The third-order valence-corrected chi connectivity index (χ3v) is 3.66. The van der Waals surface area contributed by atoms with Gasteiger partial charge in [0.15, 0.2) is 11.6 Å². The fourth-order valence-corrected chi connectivity index (χ4v) is 2.60. The van der Waals surface area contributed by atoms with Crippen LogP contribution in [-0.2, 0) is 4.79 Å². The number of carboxylic acids is 1. The van der Waals surface area contributed by atoms with E-state index in [2.05, 4.69) is 9.97 Å². The summed E-state index contributed by atoms with van der Waals surface area (Å²) >= 11 is 0. The van der Waals surface area contributed by atoms with Crippen molar-refractivity contribution in [3.8, 4) is 0 Å². The SMILES string of the molecule is O=C(O)C1CC=CCC1c1nc2c(F)c(F)ccc2[nH]1. The van der Waals surface area contributed by atoms with E-state index in [4.69, 9.17) is 0 Å². The number of halogens is 2. The lowest BCUT2D eigenvalue weighted by Crippen LogP contribution is -2.24. The van der Waals surface area contributed by atoms with Gasteiger partial charge in [0, 0.05) is 5.92 Å². The molecular weight excluding hydrogens is 266 g/mol. The lowest BCUT2D eigenvalue weighted by molar-refractivity contribution is -0.142. The van der Waals surface area contributed by atoms with Gasteiger partial charge in [-0.1, -0.05) is 12.2 Å². The number of fused-ring (bicyclic) bond motifs is 1. The Hall–Kier alpha value is -2.24. The van der Waals surface area contributed by atoms with Gasteiger partial charge in [0.1, 0.15) is 11.3 Å². The number of hydrogen-bond acceptors (Lipinski definition) is 2. The Balaban J connectivity index is 2.07. The number of benzene rings is 1. The quantitative estimate of drug-likeness (QED) is 0.830. The summed E-state index contributed by atoms with van der Waals surface area (Å²) in [5.41, 5.74) is 0.288. The predicted molar refractivity (Wildman–Crippen MR) is 68.3 cm³/mol. The van der Waals surface area contributed by atoms with E-state index >= 15 is 0 Å². The molecule has 1 aliphatic carbocycles. The lowest BCUT2D eigenvalue weighted by atomic mass is 9.82. The Morgan fingerprint density at radius 3 is 2.80 bits per heavy atom. The largest absolute Gasteiger partial charge is 0.481 e. The number of aromatic nitrogens is 2. The summed E-state index contributed by atoms with van der Waals surface area (Å²) < 4.78 is 26.8. The molecule has 1 aliphatic rings. The maximum Gasteiger partial charge on any atom is 0.307 e. The second-order valence-corrected chi connectivity index (χ2v) is 4.87. The summed E-state index contributed by atoms with van der Waals surface area (Å²) in [4.78, 5) is 18.2. The third kappa shape index (κ3) is 1.97. The maximum absolute atomic E-state index is 13.6. The first-order valence-electron chi connectivity index (χ1n) is 6.29. The second kappa shape index (κ2) is 4.70. The van der Waals surface area contributed by atoms with Gasteiger partial charge in [-0.3, -0.25) is 4.79 Å². The number of carbonyl (C=O) groups is 1. The molecule has 0 saturated carbocycles. The molecule has 2 atom stereocenters. The molecule has 2 N–H and O–H groups in total. The van der Waals surface area contributed by atoms with Gasteiger partial charge in [-0.2, -0.15) is 0 Å². The van der Waals surface area contributed by atoms with Crippen LogP contribution in [0.4, 0.5) is 8.78 Å². The predicted octanol–water partition coefficient (Wildman–Crippen LogP) is 2.98. The minimum Gasteiger partial charge on any atom is -0.481 e. The Labute approximate surface area is 113 Å². The fourth-order valence-electron chi connectivity index (χ4n) is 2.60. The molecule has 6 heteroatoms. The van der Waals surface area contributed by atoms with Gasteiger partial charge < -0.3 is 10.1 Å². The molecule has 0 saturated heterocycles. The minimum atomic E-state index is -1.01. The van der Waals surface area contributed by atoms with Crippen LogP contribution >= 0.6 is 0 Å². The Bertz CT molecular complexity index is 709. The average Bonchev–Trinajstić information content (AvgIpc) is 2.88. The van der Waals surface area contributed by atoms with Crippen LogP contribution in [0.1, 0.15) is 24.6 Å². The number of H-pyrrole nitrogens is 1. The number of imidazole rings is 1. The monoisotopic (exact) mass is 278 g/mol. The summed E-state index contributed by atoms with van der Waals surface area (Å²) in [5.74, 6) is -3.45. The number of allylic oxidation sites excluding steroid dienone is 2. The second-order valence-electron chi connectivity index (χ2n) is 4.87. The van der Waals surface area contributed by atoms with Crippen LogP contribution in [0.2, 0.25) is 0 Å². The van der Waals surface area contributed by atoms with Gasteiger partial charge in [0.05, 0.1) is 11.4 Å². The van der Waals surface area contributed by atoms with E-state index in [1.165, 1.54) is 6.07 Å². The molecule has 0 bridgehead atoms. The lowest BCUT2D eigenvalue weighted by Gasteiger charge is -2.23. The van der Waals surface area contributed by atoms with Crippen molar-refractivity contribution in [1.82, 2.24) is 9.97 Å². The molecular formula is C14H12F2N2O2. The van der Waals surface area contributed by atoms with E-state index in [0.29, 0.717) is 24.2 Å². The maximum atomic E-state index is 13.6. The normalized spacial score (nSPS) is 22.3. The highest BCUT2D eigenvalue weighted by Gasteiger charge is 2.32. The zero-order chi connectivity index (χ0) is 14.3. The number of carboxylic acid groups (broad SMARTS) is 1. The molecule has 3 rings (SSSR count). The van der Waals surface area contributed by atoms with Crippen molar-refractivity contribution in [1.29, 1.82) is 0 Å². The number of rotatable bonds is 2. The number of nitrogens with one attached hydrogen (secondary N) is 1. The molecule has 20 heavy (non-hydrogen) atoms. The zero-order valence-electron chi connectivity index (χ0n) is 10.4. The smallest absolute Gasteiger partial charge is 0.307 e. The summed E-state index contributed by atoms with van der Waals surface area (Å²) in [5, 5.41) is 9.23. The molecule has 104 valence electrons. The Morgan fingerprint density at radius 1 is 1.30 bits per heavy atom. The van der Waals surface area contributed by atoms with Crippen molar-refractivity contribution >= 4 is 17.0 Å². The summed E-state index contributed by atoms with van der Waals surface area (Å²) in [7, 11) is 0. The molecule has 4 nitrogen and oxygen atoms in total. The molecule has 0 spiro atoms. The Kier molecular flexibility index (Phi) is 3.00. The van der Waals surface area contributed by atoms with Crippen molar-refractivity contribution in [2.24, 2.45) is 5.92 Å². The molecule has 1 heterocycles. The van der Waals surface area contributed by atoms with Crippen molar-refractivity contribution in [3.05, 3.63) is 41.7 Å². The molecule has 0 aliphatic heterocycles. The van der Waals surface area contributed by atoms with Crippen molar-refractivity contribution in [2.45, 2.75) is 18.8 Å². The molecule has 0 radical (unpaired) electrons. The van der Waals surface area contributed by atoms with E-state index in [1.54, 1.807) is 0 Å². The highest BCUT2D eigenvalue weighted by atomic mass is 19.2. The molecule has 2 aromatic rings. The minimum absolute atomic E-state index is 0.0845. The van der Waals surface area contributed by atoms with E-state index in [9.17, 15) is 18.7 Å². The van der Waals surface area contributed by atoms with Crippen molar-refractivity contribution in [3.63, 3.8) is 0 Å². The van der Waals surface area contributed by atoms with Gasteiger partial charge in [-0.25, -0.2) is 13.8 Å². The first kappa shape index (κ1) is 12.8. The van der Waals surface area contributed by atoms with E-state index in [-0.39, 0.29) is 11.4 Å². The van der Waals surface area contributed by atoms with Crippen LogP contribution in [0.3, 0.4) is 0 Å². The van der Waals surface area contributed by atoms with Crippen LogP contribution in [-0.4, -0.2) is 21.0 Å². The first-order chi connectivity index (χ1) is 9.58. The van der Waals surface area contributed by atoms with Gasteiger partial charge in [-0.15, -0.1) is 0 Å². The fraction of sp³-hybridized carbons (Fsp3) is 0.286. The highest BCUT2D eigenvalue weighted by Crippen LogP contribution is 2.34. The average molecular weight is 278 g/mol. The molecule has 0 amide bonds. The molecule has 2 unspecified atom stereocenters. The standard InChI is InChI=1S/C14H12F2N2O2/c15-9-5-6-10-12(11(9)16)18-13(17-10)7-3-1-2-4-8(7)14(19)20/h1-2,5-8H,3-4H2,(H,17,18)(H,19,20). The number of nitrogens with zero attached hydrogens (tertiary/aromatic N) is 1. The van der Waals surface area contributed by atoms with E-state index < -0.39 is 23.5 Å². The summed E-state index contributed by atoms with van der Waals surface area (Å²) in [6.45, 7) is 0. The third-order valence-electron chi connectivity index (χ3n) is 3.66. The highest BCUT2D eigenvalue weighted by molar-refractivity contribution is 5.77.